The summed E-state index contributed by atoms with van der Waals surface area (Å²) in [6, 6.07) is 6.14. The summed E-state index contributed by atoms with van der Waals surface area (Å²) < 4.78 is 13.9. The van der Waals surface area contributed by atoms with Crippen LogP contribution in [0.1, 0.15) is 16.8 Å². The molecule has 5 nitrogen and oxygen atoms in total. The molecule has 2 rings (SSSR count). The standard InChI is InChI=1S/C14H15FN4O/c15-12-4-1-2-5-13(12)19(7-3-6-16)14(20)11-8-17-10-18-9-11/h1-2,4-5,8-10H,3,6-7,16H2. The fourth-order valence-electron chi connectivity index (χ4n) is 1.82. The molecule has 1 amide bonds. The quantitative estimate of drug-likeness (QED) is 0.899. The summed E-state index contributed by atoms with van der Waals surface area (Å²) in [7, 11) is 0. The number of amides is 1. The average Bonchev–Trinajstić information content (AvgIpc) is 2.50. The topological polar surface area (TPSA) is 72.1 Å². The molecular formula is C14H15FN4O. The molecule has 0 saturated heterocycles. The fourth-order valence-corrected chi connectivity index (χ4v) is 1.82. The van der Waals surface area contributed by atoms with E-state index in [2.05, 4.69) is 9.97 Å². The Morgan fingerprint density at radius 2 is 1.95 bits per heavy atom. The first-order valence-electron chi connectivity index (χ1n) is 6.25. The Bertz CT molecular complexity index is 576. The first-order valence-corrected chi connectivity index (χ1v) is 6.25. The van der Waals surface area contributed by atoms with Gasteiger partial charge >= 0.3 is 0 Å². The largest absolute Gasteiger partial charge is 0.330 e. The van der Waals surface area contributed by atoms with Crippen molar-refractivity contribution < 1.29 is 9.18 Å². The number of carbonyl (C=O) groups is 1. The number of rotatable bonds is 5. The molecule has 1 heterocycles. The SMILES string of the molecule is NCCCN(C(=O)c1cncnc1)c1ccccc1F. The van der Waals surface area contributed by atoms with E-state index in [1.54, 1.807) is 18.2 Å². The molecule has 0 aliphatic carbocycles. The first-order chi connectivity index (χ1) is 9.74. The zero-order valence-corrected chi connectivity index (χ0v) is 10.9. The summed E-state index contributed by atoms with van der Waals surface area (Å²) in [4.78, 5) is 21.4. The van der Waals surface area contributed by atoms with Crippen molar-refractivity contribution in [2.24, 2.45) is 5.73 Å². The van der Waals surface area contributed by atoms with E-state index in [4.69, 9.17) is 5.73 Å². The van der Waals surface area contributed by atoms with Crippen LogP contribution < -0.4 is 10.6 Å². The third kappa shape index (κ3) is 3.16. The molecule has 6 heteroatoms. The molecule has 2 aromatic rings. The van der Waals surface area contributed by atoms with Crippen LogP contribution >= 0.6 is 0 Å². The minimum Gasteiger partial charge on any atom is -0.330 e. The molecule has 0 aliphatic heterocycles. The lowest BCUT2D eigenvalue weighted by Crippen LogP contribution is -2.33. The Balaban J connectivity index is 2.33. The third-order valence-electron chi connectivity index (χ3n) is 2.78. The minimum absolute atomic E-state index is 0.231. The van der Waals surface area contributed by atoms with E-state index in [1.807, 2.05) is 0 Å². The lowest BCUT2D eigenvalue weighted by atomic mass is 10.2. The number of nitrogens with two attached hydrogens (primary N) is 1. The molecule has 20 heavy (non-hydrogen) atoms. The summed E-state index contributed by atoms with van der Waals surface area (Å²) in [5.74, 6) is -0.793. The van der Waals surface area contributed by atoms with Crippen molar-refractivity contribution in [3.63, 3.8) is 0 Å². The predicted octanol–water partition coefficient (Wildman–Crippen LogP) is 1.61. The number of aromatic nitrogens is 2. The molecule has 0 bridgehead atoms. The average molecular weight is 274 g/mol. The number of nitrogens with zero attached hydrogens (tertiary/aromatic N) is 3. The molecule has 2 N–H and O–H groups in total. The highest BCUT2D eigenvalue weighted by molar-refractivity contribution is 6.05. The van der Waals surface area contributed by atoms with Gasteiger partial charge in [-0.1, -0.05) is 12.1 Å². The van der Waals surface area contributed by atoms with Crippen LogP contribution in [0.2, 0.25) is 0 Å². The number of anilines is 1. The first kappa shape index (κ1) is 14.1. The van der Waals surface area contributed by atoms with Gasteiger partial charge in [-0.3, -0.25) is 4.79 Å². The Kier molecular flexibility index (Phi) is 4.73. The van der Waals surface area contributed by atoms with Crippen molar-refractivity contribution in [1.29, 1.82) is 0 Å². The van der Waals surface area contributed by atoms with E-state index in [-0.39, 0.29) is 11.6 Å². The molecule has 0 fully saturated rings. The molecule has 1 aromatic heterocycles. The number of para-hydroxylation sites is 1. The maximum Gasteiger partial charge on any atom is 0.261 e. The smallest absolute Gasteiger partial charge is 0.261 e. The van der Waals surface area contributed by atoms with Crippen molar-refractivity contribution in [3.8, 4) is 0 Å². The zero-order chi connectivity index (χ0) is 14.4. The molecule has 0 spiro atoms. The van der Waals surface area contributed by atoms with Gasteiger partial charge in [0.25, 0.3) is 5.91 Å². The Labute approximate surface area is 116 Å². The molecule has 0 radical (unpaired) electrons. The maximum absolute atomic E-state index is 13.9. The van der Waals surface area contributed by atoms with Crippen molar-refractivity contribution in [1.82, 2.24) is 9.97 Å². The van der Waals surface area contributed by atoms with E-state index in [0.717, 1.165) is 0 Å². The molecule has 0 unspecified atom stereocenters. The van der Waals surface area contributed by atoms with Crippen LogP contribution in [-0.4, -0.2) is 29.0 Å². The lowest BCUT2D eigenvalue weighted by Gasteiger charge is -2.22. The summed E-state index contributed by atoms with van der Waals surface area (Å²) in [6.07, 6.45) is 4.73. The predicted molar refractivity (Wildman–Crippen MR) is 73.8 cm³/mol. The van der Waals surface area contributed by atoms with Crippen LogP contribution in [0.5, 0.6) is 0 Å². The van der Waals surface area contributed by atoms with E-state index >= 15 is 0 Å². The van der Waals surface area contributed by atoms with Gasteiger partial charge in [-0.25, -0.2) is 14.4 Å². The normalized spacial score (nSPS) is 10.3. The van der Waals surface area contributed by atoms with Gasteiger partial charge in [0.15, 0.2) is 0 Å². The number of hydrogen-bond donors (Lipinski definition) is 1. The highest BCUT2D eigenvalue weighted by Crippen LogP contribution is 2.20. The summed E-state index contributed by atoms with van der Waals surface area (Å²) in [5.41, 5.74) is 6.02. The van der Waals surface area contributed by atoms with Crippen LogP contribution in [0.15, 0.2) is 43.0 Å². The van der Waals surface area contributed by atoms with Gasteiger partial charge in [-0.15, -0.1) is 0 Å². The molecule has 1 aromatic carbocycles. The Hall–Kier alpha value is -2.34. The van der Waals surface area contributed by atoms with Gasteiger partial charge in [0.05, 0.1) is 11.3 Å². The van der Waals surface area contributed by atoms with Crippen molar-refractivity contribution in [2.75, 3.05) is 18.0 Å². The van der Waals surface area contributed by atoms with Gasteiger partial charge in [0.1, 0.15) is 12.1 Å². The second kappa shape index (κ2) is 6.72. The maximum atomic E-state index is 13.9. The molecule has 104 valence electrons. The number of carbonyl (C=O) groups excluding carboxylic acids is 1. The van der Waals surface area contributed by atoms with Crippen LogP contribution in [0.25, 0.3) is 0 Å². The van der Waals surface area contributed by atoms with Gasteiger partial charge in [-0.05, 0) is 25.1 Å². The van der Waals surface area contributed by atoms with E-state index in [9.17, 15) is 9.18 Å². The monoisotopic (exact) mass is 274 g/mol. The van der Waals surface area contributed by atoms with Gasteiger partial charge in [0, 0.05) is 18.9 Å². The second-order valence-corrected chi connectivity index (χ2v) is 4.18. The van der Waals surface area contributed by atoms with Gasteiger partial charge in [0.2, 0.25) is 0 Å². The van der Waals surface area contributed by atoms with Gasteiger partial charge in [-0.2, -0.15) is 0 Å². The Morgan fingerprint density at radius 1 is 1.25 bits per heavy atom. The Morgan fingerprint density at radius 3 is 2.60 bits per heavy atom. The summed E-state index contributed by atoms with van der Waals surface area (Å²) in [5, 5.41) is 0. The zero-order valence-electron chi connectivity index (χ0n) is 10.9. The molecular weight excluding hydrogens is 259 g/mol. The number of benzene rings is 1. The molecule has 0 aliphatic rings. The van der Waals surface area contributed by atoms with Crippen molar-refractivity contribution in [3.05, 3.63) is 54.4 Å². The molecule has 0 atom stereocenters. The number of halogens is 1. The lowest BCUT2D eigenvalue weighted by molar-refractivity contribution is 0.0985. The highest BCUT2D eigenvalue weighted by Gasteiger charge is 2.20. The van der Waals surface area contributed by atoms with E-state index < -0.39 is 5.82 Å². The van der Waals surface area contributed by atoms with E-state index in [1.165, 1.54) is 29.7 Å². The summed E-state index contributed by atoms with van der Waals surface area (Å²) in [6.45, 7) is 0.759. The van der Waals surface area contributed by atoms with Crippen LogP contribution in [0.4, 0.5) is 10.1 Å². The van der Waals surface area contributed by atoms with Crippen LogP contribution in [0, 0.1) is 5.82 Å². The van der Waals surface area contributed by atoms with Crippen molar-refractivity contribution in [2.45, 2.75) is 6.42 Å². The van der Waals surface area contributed by atoms with Crippen LogP contribution in [0.3, 0.4) is 0 Å². The fraction of sp³-hybridized carbons (Fsp3) is 0.214. The number of hydrogen-bond acceptors (Lipinski definition) is 4. The van der Waals surface area contributed by atoms with Crippen LogP contribution in [-0.2, 0) is 0 Å². The van der Waals surface area contributed by atoms with Gasteiger partial charge < -0.3 is 10.6 Å². The second-order valence-electron chi connectivity index (χ2n) is 4.18. The van der Waals surface area contributed by atoms with Crippen molar-refractivity contribution >= 4 is 11.6 Å². The third-order valence-corrected chi connectivity index (χ3v) is 2.78. The molecule has 0 saturated carbocycles. The highest BCUT2D eigenvalue weighted by atomic mass is 19.1. The minimum atomic E-state index is -0.449. The summed E-state index contributed by atoms with van der Waals surface area (Å²) >= 11 is 0. The van der Waals surface area contributed by atoms with E-state index in [0.29, 0.717) is 25.1 Å².